The van der Waals surface area contributed by atoms with Crippen molar-refractivity contribution in [3.63, 3.8) is 0 Å². The summed E-state index contributed by atoms with van der Waals surface area (Å²) in [4.78, 5) is 14.0. The van der Waals surface area contributed by atoms with Crippen LogP contribution in [0.5, 0.6) is 0 Å². The molecule has 2 aliphatic rings. The molecule has 0 bridgehead atoms. The lowest BCUT2D eigenvalue weighted by Crippen LogP contribution is -2.44. The van der Waals surface area contributed by atoms with E-state index in [9.17, 15) is 8.42 Å². The van der Waals surface area contributed by atoms with Crippen LogP contribution < -0.4 is 10.6 Å². The van der Waals surface area contributed by atoms with E-state index < -0.39 is 9.84 Å². The molecule has 3 aromatic rings. The third-order valence-electron chi connectivity index (χ3n) is 5.41. The zero-order chi connectivity index (χ0) is 19.3. The summed E-state index contributed by atoms with van der Waals surface area (Å²) in [5, 5.41) is 0. The first-order valence-electron chi connectivity index (χ1n) is 9.34. The highest BCUT2D eigenvalue weighted by Gasteiger charge is 2.36. The Morgan fingerprint density at radius 3 is 2.71 bits per heavy atom. The highest BCUT2D eigenvalue weighted by Crippen LogP contribution is 2.38. The van der Waals surface area contributed by atoms with Crippen LogP contribution in [0, 0.1) is 5.92 Å². The van der Waals surface area contributed by atoms with Crippen molar-refractivity contribution in [1.29, 1.82) is 0 Å². The summed E-state index contributed by atoms with van der Waals surface area (Å²) in [6, 6.07) is 8.25. The molecular formula is C19H21N5O3S. The van der Waals surface area contributed by atoms with Gasteiger partial charge in [0.25, 0.3) is 0 Å². The van der Waals surface area contributed by atoms with Gasteiger partial charge in [-0.3, -0.25) is 0 Å². The normalized spacial score (nSPS) is 20.6. The fraction of sp³-hybridized carbons (Fsp3) is 0.368. The van der Waals surface area contributed by atoms with Crippen molar-refractivity contribution in [3.8, 4) is 0 Å². The average Bonchev–Trinajstić information content (AvgIpc) is 3.50. The number of H-pyrrole nitrogens is 1. The Bertz CT molecular complexity index is 1130. The molecule has 1 saturated heterocycles. The maximum atomic E-state index is 13.2. The minimum atomic E-state index is -3.80. The van der Waals surface area contributed by atoms with Gasteiger partial charge in [0.05, 0.1) is 17.6 Å². The van der Waals surface area contributed by atoms with Gasteiger partial charge < -0.3 is 20.4 Å². The molecule has 1 aliphatic heterocycles. The summed E-state index contributed by atoms with van der Waals surface area (Å²) in [5.74, 6) is 1.36. The van der Waals surface area contributed by atoms with Crippen LogP contribution >= 0.6 is 0 Å². The molecule has 2 aromatic heterocycles. The predicted octanol–water partition coefficient (Wildman–Crippen LogP) is 1.99. The maximum Gasteiger partial charge on any atom is 0.212 e. The maximum absolute atomic E-state index is 13.2. The van der Waals surface area contributed by atoms with Gasteiger partial charge in [0.15, 0.2) is 5.82 Å². The van der Waals surface area contributed by atoms with Gasteiger partial charge in [-0.2, -0.15) is 0 Å². The largest absolute Gasteiger partial charge is 0.384 e. The number of hydrogen-bond donors (Lipinski definition) is 2. The lowest BCUT2D eigenvalue weighted by Gasteiger charge is -2.34. The number of ether oxygens (including phenoxy) is 1. The highest BCUT2D eigenvalue weighted by molar-refractivity contribution is 7.92. The molecule has 3 heterocycles. The van der Waals surface area contributed by atoms with Crippen molar-refractivity contribution in [2.24, 2.45) is 5.92 Å². The van der Waals surface area contributed by atoms with Crippen molar-refractivity contribution in [1.82, 2.24) is 15.0 Å². The van der Waals surface area contributed by atoms with Gasteiger partial charge in [0, 0.05) is 13.1 Å². The van der Waals surface area contributed by atoms with Gasteiger partial charge in [-0.25, -0.2) is 18.4 Å². The molecule has 1 atom stereocenters. The van der Waals surface area contributed by atoms with Crippen molar-refractivity contribution >= 4 is 32.5 Å². The van der Waals surface area contributed by atoms with E-state index in [1.165, 1.54) is 19.2 Å². The number of nitrogens with one attached hydrogen (secondary N) is 1. The molecule has 0 unspecified atom stereocenters. The van der Waals surface area contributed by atoms with E-state index in [1.54, 1.807) is 30.3 Å². The number of anilines is 2. The summed E-state index contributed by atoms with van der Waals surface area (Å²) in [6.45, 7) is 2.05. The molecule has 8 nitrogen and oxygen atoms in total. The second kappa shape index (κ2) is 6.46. The first kappa shape index (κ1) is 17.4. The number of hydrogen-bond acceptors (Lipinski definition) is 7. The van der Waals surface area contributed by atoms with Crippen LogP contribution in [0.3, 0.4) is 0 Å². The van der Waals surface area contributed by atoms with Gasteiger partial charge >= 0.3 is 0 Å². The number of nitrogens with zero attached hydrogens (tertiary/aromatic N) is 3. The monoisotopic (exact) mass is 399 g/mol. The molecule has 28 heavy (non-hydrogen) atoms. The Kier molecular flexibility index (Phi) is 4.02. The molecule has 2 fully saturated rings. The Morgan fingerprint density at radius 1 is 1.18 bits per heavy atom. The third-order valence-corrected chi connectivity index (χ3v) is 7.25. The van der Waals surface area contributed by atoms with Crippen molar-refractivity contribution in [2.45, 2.75) is 28.7 Å². The predicted molar refractivity (Wildman–Crippen MR) is 105 cm³/mol. The van der Waals surface area contributed by atoms with Gasteiger partial charge in [0.1, 0.15) is 28.1 Å². The van der Waals surface area contributed by atoms with Crippen molar-refractivity contribution < 1.29 is 13.2 Å². The standard InChI is InChI=1S/C19H21N5O3S/c20-18-17(28(25,26)13-4-2-1-3-5-13)15-16(23-18)19(22-11-21-15)24-8-9-27-14(10-24)12-6-7-12/h1-5,11-12,14,23H,6-10,20H2/t14-/m0/s1. The molecule has 1 aromatic carbocycles. The smallest absolute Gasteiger partial charge is 0.212 e. The molecule has 3 N–H and O–H groups in total. The number of aromatic amines is 1. The second-order valence-electron chi connectivity index (χ2n) is 7.30. The number of sulfone groups is 1. The van der Waals surface area contributed by atoms with Gasteiger partial charge in [-0.1, -0.05) is 18.2 Å². The Balaban J connectivity index is 1.60. The summed E-state index contributed by atoms with van der Waals surface area (Å²) < 4.78 is 32.2. The number of rotatable bonds is 4. The van der Waals surface area contributed by atoms with Gasteiger partial charge in [-0.05, 0) is 30.9 Å². The van der Waals surface area contributed by atoms with Crippen molar-refractivity contribution in [2.75, 3.05) is 30.3 Å². The number of nitrogen functional groups attached to an aromatic ring is 1. The number of aromatic nitrogens is 3. The van der Waals surface area contributed by atoms with E-state index in [1.807, 2.05) is 0 Å². The molecule has 5 rings (SSSR count). The molecule has 9 heteroatoms. The van der Waals surface area contributed by atoms with Crippen LogP contribution in [0.1, 0.15) is 12.8 Å². The number of nitrogens with two attached hydrogens (primary N) is 1. The quantitative estimate of drug-likeness (QED) is 0.689. The fourth-order valence-corrected chi connectivity index (χ4v) is 5.33. The number of benzene rings is 1. The zero-order valence-electron chi connectivity index (χ0n) is 15.2. The minimum absolute atomic E-state index is 0.00403. The van der Waals surface area contributed by atoms with Crippen molar-refractivity contribution in [3.05, 3.63) is 36.7 Å². The molecule has 0 radical (unpaired) electrons. The average molecular weight is 399 g/mol. The number of morpholine rings is 1. The van der Waals surface area contributed by atoms with Gasteiger partial charge in [-0.15, -0.1) is 0 Å². The fourth-order valence-electron chi connectivity index (χ4n) is 3.83. The summed E-state index contributed by atoms with van der Waals surface area (Å²) in [6.07, 6.45) is 3.99. The van der Waals surface area contributed by atoms with E-state index in [4.69, 9.17) is 10.5 Å². The van der Waals surface area contributed by atoms with E-state index in [0.29, 0.717) is 35.9 Å². The van der Waals surface area contributed by atoms with E-state index in [-0.39, 0.29) is 21.7 Å². The van der Waals surface area contributed by atoms with E-state index in [2.05, 4.69) is 19.9 Å². The van der Waals surface area contributed by atoms with Crippen LogP contribution in [0.25, 0.3) is 11.0 Å². The highest BCUT2D eigenvalue weighted by atomic mass is 32.2. The van der Waals surface area contributed by atoms with Crippen LogP contribution in [0.4, 0.5) is 11.6 Å². The Morgan fingerprint density at radius 2 is 1.96 bits per heavy atom. The lowest BCUT2D eigenvalue weighted by atomic mass is 10.2. The topological polar surface area (TPSA) is 114 Å². The molecule has 1 saturated carbocycles. The van der Waals surface area contributed by atoms with Crippen LogP contribution in [0.2, 0.25) is 0 Å². The van der Waals surface area contributed by atoms with E-state index in [0.717, 1.165) is 6.54 Å². The molecule has 0 spiro atoms. The van der Waals surface area contributed by atoms with Gasteiger partial charge in [0.2, 0.25) is 9.84 Å². The minimum Gasteiger partial charge on any atom is -0.384 e. The molecular weight excluding hydrogens is 378 g/mol. The first-order chi connectivity index (χ1) is 13.6. The molecule has 1 aliphatic carbocycles. The summed E-state index contributed by atoms with van der Waals surface area (Å²) in [5.41, 5.74) is 6.98. The Hall–Kier alpha value is -2.65. The molecule has 146 valence electrons. The molecule has 0 amide bonds. The van der Waals surface area contributed by atoms with E-state index >= 15 is 0 Å². The van der Waals surface area contributed by atoms with Crippen LogP contribution in [0.15, 0.2) is 46.5 Å². The van der Waals surface area contributed by atoms with Crippen LogP contribution in [-0.4, -0.2) is 49.2 Å². The number of fused-ring (bicyclic) bond motifs is 1. The lowest BCUT2D eigenvalue weighted by molar-refractivity contribution is 0.0262. The Labute approximate surface area is 162 Å². The van der Waals surface area contributed by atoms with Crippen LogP contribution in [-0.2, 0) is 14.6 Å². The summed E-state index contributed by atoms with van der Waals surface area (Å²) >= 11 is 0. The SMILES string of the molecule is Nc1[nH]c2c(N3CCO[C@H](C4CC4)C3)ncnc2c1S(=O)(=O)c1ccccc1. The second-order valence-corrected chi connectivity index (χ2v) is 9.18. The zero-order valence-corrected chi connectivity index (χ0v) is 16.0. The first-order valence-corrected chi connectivity index (χ1v) is 10.8. The third kappa shape index (κ3) is 2.82. The summed E-state index contributed by atoms with van der Waals surface area (Å²) in [7, 11) is -3.80.